The molecule has 0 atom stereocenters. The number of nitrogens with two attached hydrogens (primary N) is 1. The van der Waals surface area contributed by atoms with Crippen molar-refractivity contribution < 1.29 is 9.53 Å². The topological polar surface area (TPSA) is 55.6 Å². The lowest BCUT2D eigenvalue weighted by molar-refractivity contribution is 0.211. The van der Waals surface area contributed by atoms with Crippen LogP contribution in [0.5, 0.6) is 5.75 Å². The number of hydrogen-bond donors (Lipinski definition) is 1. The van der Waals surface area contributed by atoms with E-state index in [0.29, 0.717) is 5.75 Å². The van der Waals surface area contributed by atoms with Crippen LogP contribution in [0.15, 0.2) is 24.3 Å². The predicted octanol–water partition coefficient (Wildman–Crippen LogP) is 2.74. The van der Waals surface area contributed by atoms with Gasteiger partial charge in [-0.3, -0.25) is 0 Å². The number of ether oxygens (including phenoxy) is 1. The molecule has 0 aliphatic carbocycles. The van der Waals surface area contributed by atoms with Crippen LogP contribution < -0.4 is 15.4 Å². The maximum absolute atomic E-state index is 10.6. The average Bonchev–Trinajstić information content (AvgIpc) is 2.29. The quantitative estimate of drug-likeness (QED) is 0.788. The maximum Gasteiger partial charge on any atom is 0.409 e. The Balaban J connectivity index is 2.72. The van der Waals surface area contributed by atoms with E-state index in [1.54, 1.807) is 12.1 Å². The molecule has 0 radical (unpaired) electrons. The first kappa shape index (κ1) is 14.3. The van der Waals surface area contributed by atoms with Gasteiger partial charge in [-0.15, -0.1) is 0 Å². The minimum absolute atomic E-state index is 0.457. The van der Waals surface area contributed by atoms with Crippen LogP contribution in [0.25, 0.3) is 0 Å². The van der Waals surface area contributed by atoms with Crippen molar-refractivity contribution in [2.75, 3.05) is 28.6 Å². The third-order valence-electron chi connectivity index (χ3n) is 2.13. The molecule has 1 aromatic carbocycles. The zero-order valence-electron chi connectivity index (χ0n) is 9.23. The lowest BCUT2D eigenvalue weighted by Gasteiger charge is -2.23. The molecular formula is C11H14Br2N2O2. The van der Waals surface area contributed by atoms with E-state index < -0.39 is 6.09 Å². The first-order valence-electron chi connectivity index (χ1n) is 5.11. The van der Waals surface area contributed by atoms with Crippen LogP contribution in [0.3, 0.4) is 0 Å². The van der Waals surface area contributed by atoms with Gasteiger partial charge in [0.1, 0.15) is 5.75 Å². The van der Waals surface area contributed by atoms with Crippen LogP contribution >= 0.6 is 31.9 Å². The average molecular weight is 366 g/mol. The lowest BCUT2D eigenvalue weighted by atomic mass is 10.2. The van der Waals surface area contributed by atoms with Crippen molar-refractivity contribution in [3.8, 4) is 5.75 Å². The van der Waals surface area contributed by atoms with Gasteiger partial charge in [0, 0.05) is 29.4 Å². The van der Waals surface area contributed by atoms with E-state index in [4.69, 9.17) is 10.5 Å². The summed E-state index contributed by atoms with van der Waals surface area (Å²) in [5.74, 6) is 0.457. The molecule has 0 aliphatic rings. The molecule has 4 nitrogen and oxygen atoms in total. The molecule has 0 unspecified atom stereocenters. The minimum Gasteiger partial charge on any atom is -0.411 e. The molecule has 2 N–H and O–H groups in total. The van der Waals surface area contributed by atoms with Crippen LogP contribution in [-0.2, 0) is 0 Å². The lowest BCUT2D eigenvalue weighted by Crippen LogP contribution is -2.27. The van der Waals surface area contributed by atoms with Gasteiger partial charge in [0.2, 0.25) is 0 Å². The Morgan fingerprint density at radius 2 is 1.71 bits per heavy atom. The molecule has 1 rings (SSSR count). The third kappa shape index (κ3) is 4.95. The standard InChI is InChI=1S/C11H14Br2N2O2/c12-5-7-15(8-6-13)9-1-3-10(4-2-9)17-11(14)16/h1-4H,5-8H2,(H2,14,16). The highest BCUT2D eigenvalue weighted by Gasteiger charge is 2.05. The summed E-state index contributed by atoms with van der Waals surface area (Å²) in [6.07, 6.45) is -0.796. The molecular weight excluding hydrogens is 352 g/mol. The number of amides is 1. The van der Waals surface area contributed by atoms with Crippen molar-refractivity contribution >= 4 is 43.6 Å². The van der Waals surface area contributed by atoms with Gasteiger partial charge in [-0.1, -0.05) is 31.9 Å². The Hall–Kier alpha value is -0.750. The van der Waals surface area contributed by atoms with Crippen LogP contribution in [-0.4, -0.2) is 29.8 Å². The van der Waals surface area contributed by atoms with Crippen LogP contribution in [0, 0.1) is 0 Å². The van der Waals surface area contributed by atoms with Crippen molar-refractivity contribution in [1.82, 2.24) is 0 Å². The summed E-state index contributed by atoms with van der Waals surface area (Å²) in [4.78, 5) is 12.8. The molecule has 0 fully saturated rings. The van der Waals surface area contributed by atoms with Gasteiger partial charge in [0.05, 0.1) is 0 Å². The molecule has 0 heterocycles. The Labute approximate surface area is 117 Å². The summed E-state index contributed by atoms with van der Waals surface area (Å²) < 4.78 is 4.77. The minimum atomic E-state index is -0.796. The fourth-order valence-corrected chi connectivity index (χ4v) is 2.27. The van der Waals surface area contributed by atoms with Crippen molar-refractivity contribution in [2.45, 2.75) is 0 Å². The normalized spacial score (nSPS) is 10.0. The van der Waals surface area contributed by atoms with E-state index in [-0.39, 0.29) is 0 Å². The molecule has 94 valence electrons. The molecule has 17 heavy (non-hydrogen) atoms. The molecule has 6 heteroatoms. The van der Waals surface area contributed by atoms with E-state index >= 15 is 0 Å². The highest BCUT2D eigenvalue weighted by atomic mass is 79.9. The van der Waals surface area contributed by atoms with Crippen molar-refractivity contribution in [1.29, 1.82) is 0 Å². The molecule has 0 aliphatic heterocycles. The Morgan fingerprint density at radius 3 is 2.12 bits per heavy atom. The van der Waals surface area contributed by atoms with Gasteiger partial charge in [-0.2, -0.15) is 0 Å². The van der Waals surface area contributed by atoms with Gasteiger partial charge in [-0.05, 0) is 24.3 Å². The van der Waals surface area contributed by atoms with Gasteiger partial charge < -0.3 is 15.4 Å². The highest BCUT2D eigenvalue weighted by Crippen LogP contribution is 2.19. The van der Waals surface area contributed by atoms with Crippen molar-refractivity contribution in [3.05, 3.63) is 24.3 Å². The number of nitrogens with zero attached hydrogens (tertiary/aromatic N) is 1. The largest absolute Gasteiger partial charge is 0.411 e. The van der Waals surface area contributed by atoms with Crippen molar-refractivity contribution in [2.24, 2.45) is 5.73 Å². The van der Waals surface area contributed by atoms with Crippen LogP contribution in [0.1, 0.15) is 0 Å². The molecule has 0 bridgehead atoms. The number of benzene rings is 1. The molecule has 0 spiro atoms. The third-order valence-corrected chi connectivity index (χ3v) is 2.84. The van der Waals surface area contributed by atoms with E-state index in [1.807, 2.05) is 12.1 Å². The monoisotopic (exact) mass is 364 g/mol. The number of anilines is 1. The zero-order chi connectivity index (χ0) is 12.7. The SMILES string of the molecule is NC(=O)Oc1ccc(N(CCBr)CCBr)cc1. The van der Waals surface area contributed by atoms with Gasteiger partial charge >= 0.3 is 6.09 Å². The predicted molar refractivity (Wildman–Crippen MR) is 76.5 cm³/mol. The molecule has 0 saturated heterocycles. The van der Waals surface area contributed by atoms with E-state index in [1.165, 1.54) is 0 Å². The summed E-state index contributed by atoms with van der Waals surface area (Å²) in [6.45, 7) is 1.84. The fourth-order valence-electron chi connectivity index (χ4n) is 1.42. The first-order chi connectivity index (χ1) is 8.17. The van der Waals surface area contributed by atoms with E-state index in [2.05, 4.69) is 36.8 Å². The summed E-state index contributed by atoms with van der Waals surface area (Å²) in [5, 5.41) is 1.80. The first-order valence-corrected chi connectivity index (χ1v) is 7.36. The number of alkyl halides is 2. The summed E-state index contributed by atoms with van der Waals surface area (Å²) >= 11 is 6.84. The fraction of sp³-hybridized carbons (Fsp3) is 0.364. The Bertz CT molecular complexity index is 351. The summed E-state index contributed by atoms with van der Waals surface area (Å²) in [6, 6.07) is 7.28. The number of carbonyl (C=O) groups is 1. The summed E-state index contributed by atoms with van der Waals surface area (Å²) in [7, 11) is 0. The second-order valence-corrected chi connectivity index (χ2v) is 4.87. The van der Waals surface area contributed by atoms with E-state index in [9.17, 15) is 4.79 Å². The number of carbonyl (C=O) groups excluding carboxylic acids is 1. The van der Waals surface area contributed by atoms with Gasteiger partial charge in [0.25, 0.3) is 0 Å². The van der Waals surface area contributed by atoms with Crippen LogP contribution in [0.4, 0.5) is 10.5 Å². The summed E-state index contributed by atoms with van der Waals surface area (Å²) in [5.41, 5.74) is 6.02. The highest BCUT2D eigenvalue weighted by molar-refractivity contribution is 9.09. The number of primary amides is 1. The molecule has 0 aromatic heterocycles. The molecule has 1 amide bonds. The maximum atomic E-state index is 10.6. The number of rotatable bonds is 6. The second kappa shape index (κ2) is 7.55. The second-order valence-electron chi connectivity index (χ2n) is 3.28. The van der Waals surface area contributed by atoms with Crippen LogP contribution in [0.2, 0.25) is 0 Å². The number of halogens is 2. The zero-order valence-corrected chi connectivity index (χ0v) is 12.4. The Morgan fingerprint density at radius 1 is 1.18 bits per heavy atom. The Kier molecular flexibility index (Phi) is 6.36. The number of hydrogen-bond acceptors (Lipinski definition) is 3. The molecule has 1 aromatic rings. The van der Waals surface area contributed by atoms with E-state index in [0.717, 1.165) is 29.4 Å². The smallest absolute Gasteiger partial charge is 0.409 e. The van der Waals surface area contributed by atoms with Gasteiger partial charge in [0.15, 0.2) is 0 Å². The molecule has 0 saturated carbocycles. The van der Waals surface area contributed by atoms with Crippen molar-refractivity contribution in [3.63, 3.8) is 0 Å². The van der Waals surface area contributed by atoms with Gasteiger partial charge in [-0.25, -0.2) is 4.79 Å².